The minimum Gasteiger partial charge on any atom is -0.342 e. The number of benzene rings is 1. The number of aliphatic imine (C=N–C) groups is 1. The summed E-state index contributed by atoms with van der Waals surface area (Å²) in [5, 5.41) is 3.95. The van der Waals surface area contributed by atoms with E-state index in [2.05, 4.69) is 17.2 Å². The lowest BCUT2D eigenvalue weighted by Gasteiger charge is -2.29. The number of amidine groups is 1. The maximum absolute atomic E-state index is 13.6. The molecule has 1 aliphatic heterocycles. The largest absolute Gasteiger partial charge is 0.342 e. The second kappa shape index (κ2) is 9.08. The SMILES string of the molecule is CC1=C(CCC2CCCCC2)NC(c2ccccn2)=NC1c1ccc(F)cc1Cl. The van der Waals surface area contributed by atoms with Gasteiger partial charge in [0.1, 0.15) is 17.6 Å². The van der Waals surface area contributed by atoms with Crippen molar-refractivity contribution in [3.8, 4) is 0 Å². The predicted octanol–water partition coefficient (Wildman–Crippen LogP) is 6.60. The Morgan fingerprint density at radius 2 is 1.97 bits per heavy atom. The van der Waals surface area contributed by atoms with Gasteiger partial charge in [0.15, 0.2) is 5.84 Å². The number of hydrogen-bond acceptors (Lipinski definition) is 3. The van der Waals surface area contributed by atoms with Crippen LogP contribution in [-0.4, -0.2) is 10.8 Å². The van der Waals surface area contributed by atoms with E-state index in [9.17, 15) is 4.39 Å². The number of pyridine rings is 1. The molecule has 5 heteroatoms. The fourth-order valence-corrected chi connectivity index (χ4v) is 4.68. The van der Waals surface area contributed by atoms with Gasteiger partial charge in [0, 0.05) is 16.9 Å². The van der Waals surface area contributed by atoms with Crippen molar-refractivity contribution in [3.63, 3.8) is 0 Å². The standard InChI is InChI=1S/C24H27ClFN3/c1-16-21(13-10-17-7-3-2-4-8-17)28-24(22-9-5-6-14-27-22)29-23(16)19-12-11-18(26)15-20(19)25/h5-6,9,11-12,14-15,17,23H,2-4,7-8,10,13H2,1H3,(H,28,29). The highest BCUT2D eigenvalue weighted by Gasteiger charge is 2.26. The summed E-state index contributed by atoms with van der Waals surface area (Å²) in [5.41, 5.74) is 3.97. The van der Waals surface area contributed by atoms with Crippen molar-refractivity contribution in [3.05, 3.63) is 76.0 Å². The summed E-state index contributed by atoms with van der Waals surface area (Å²) in [6.45, 7) is 2.10. The molecule has 1 fully saturated rings. The van der Waals surface area contributed by atoms with Gasteiger partial charge in [-0.3, -0.25) is 9.98 Å². The van der Waals surface area contributed by atoms with Crippen LogP contribution in [0.2, 0.25) is 5.02 Å². The second-order valence-corrected chi connectivity index (χ2v) is 8.50. The topological polar surface area (TPSA) is 37.3 Å². The summed E-state index contributed by atoms with van der Waals surface area (Å²) < 4.78 is 13.6. The van der Waals surface area contributed by atoms with Gasteiger partial charge in [-0.05, 0) is 61.1 Å². The van der Waals surface area contributed by atoms with Crippen LogP contribution in [0.1, 0.15) is 69.2 Å². The summed E-state index contributed by atoms with van der Waals surface area (Å²) in [5.74, 6) is 1.22. The van der Waals surface area contributed by atoms with E-state index in [0.717, 1.165) is 35.0 Å². The number of nitrogens with zero attached hydrogens (tertiary/aromatic N) is 2. The van der Waals surface area contributed by atoms with Crippen molar-refractivity contribution in [1.82, 2.24) is 10.3 Å². The Hall–Kier alpha value is -2.20. The summed E-state index contributed by atoms with van der Waals surface area (Å²) in [7, 11) is 0. The van der Waals surface area contributed by atoms with Gasteiger partial charge < -0.3 is 5.32 Å². The molecule has 1 saturated carbocycles. The van der Waals surface area contributed by atoms with E-state index >= 15 is 0 Å². The minimum atomic E-state index is -0.333. The van der Waals surface area contributed by atoms with E-state index in [4.69, 9.17) is 16.6 Å². The van der Waals surface area contributed by atoms with Crippen molar-refractivity contribution in [2.75, 3.05) is 0 Å². The van der Waals surface area contributed by atoms with E-state index in [1.165, 1.54) is 56.4 Å². The Kier molecular flexibility index (Phi) is 6.29. The van der Waals surface area contributed by atoms with Crippen LogP contribution in [-0.2, 0) is 0 Å². The average molecular weight is 412 g/mol. The van der Waals surface area contributed by atoms with Crippen LogP contribution in [0.3, 0.4) is 0 Å². The molecule has 1 aliphatic carbocycles. The molecule has 2 aliphatic rings. The maximum Gasteiger partial charge on any atom is 0.152 e. The van der Waals surface area contributed by atoms with Gasteiger partial charge in [-0.2, -0.15) is 0 Å². The van der Waals surface area contributed by atoms with Crippen molar-refractivity contribution in [1.29, 1.82) is 0 Å². The quantitative estimate of drug-likeness (QED) is 0.601. The second-order valence-electron chi connectivity index (χ2n) is 8.09. The molecule has 4 rings (SSSR count). The van der Waals surface area contributed by atoms with Gasteiger partial charge in [-0.1, -0.05) is 55.8 Å². The number of aromatic nitrogens is 1. The van der Waals surface area contributed by atoms with E-state index in [0.29, 0.717) is 5.02 Å². The third-order valence-corrected chi connectivity index (χ3v) is 6.43. The molecule has 1 unspecified atom stereocenters. The molecule has 2 aromatic rings. The van der Waals surface area contributed by atoms with Crippen molar-refractivity contribution >= 4 is 17.4 Å². The molecule has 152 valence electrons. The summed E-state index contributed by atoms with van der Waals surface area (Å²) in [6.07, 6.45) is 10.7. The lowest BCUT2D eigenvalue weighted by atomic mass is 9.85. The molecule has 1 atom stereocenters. The molecular formula is C24H27ClFN3. The number of hydrogen-bond donors (Lipinski definition) is 1. The third-order valence-electron chi connectivity index (χ3n) is 6.11. The smallest absolute Gasteiger partial charge is 0.152 e. The zero-order valence-corrected chi connectivity index (χ0v) is 17.6. The molecule has 1 N–H and O–H groups in total. The third kappa shape index (κ3) is 4.69. The zero-order valence-electron chi connectivity index (χ0n) is 16.8. The molecule has 0 bridgehead atoms. The van der Waals surface area contributed by atoms with Crippen LogP contribution in [0, 0.1) is 11.7 Å². The molecule has 1 aromatic heterocycles. The first-order valence-corrected chi connectivity index (χ1v) is 10.9. The Morgan fingerprint density at radius 3 is 2.69 bits per heavy atom. The number of rotatable bonds is 5. The molecule has 0 amide bonds. The van der Waals surface area contributed by atoms with Crippen molar-refractivity contribution in [2.45, 2.75) is 57.9 Å². The minimum absolute atomic E-state index is 0.234. The lowest BCUT2D eigenvalue weighted by Crippen LogP contribution is -2.31. The molecule has 0 saturated heterocycles. The van der Waals surface area contributed by atoms with E-state index in [1.54, 1.807) is 12.3 Å². The normalized spacial score (nSPS) is 20.4. The summed E-state index contributed by atoms with van der Waals surface area (Å²) in [6, 6.07) is 10.1. The average Bonchev–Trinajstić information content (AvgIpc) is 2.75. The van der Waals surface area contributed by atoms with Crippen molar-refractivity contribution in [2.24, 2.45) is 10.9 Å². The van der Waals surface area contributed by atoms with Gasteiger partial charge in [-0.25, -0.2) is 4.39 Å². The Balaban J connectivity index is 1.65. The Morgan fingerprint density at radius 1 is 1.14 bits per heavy atom. The number of allylic oxidation sites excluding steroid dienone is 1. The monoisotopic (exact) mass is 411 g/mol. The molecule has 0 spiro atoms. The molecule has 3 nitrogen and oxygen atoms in total. The van der Waals surface area contributed by atoms with Gasteiger partial charge in [0.05, 0.1) is 0 Å². The molecule has 29 heavy (non-hydrogen) atoms. The van der Waals surface area contributed by atoms with Crippen LogP contribution in [0.4, 0.5) is 4.39 Å². The predicted molar refractivity (Wildman–Crippen MR) is 117 cm³/mol. The van der Waals surface area contributed by atoms with Crippen molar-refractivity contribution < 1.29 is 4.39 Å². The van der Waals surface area contributed by atoms with Crippen LogP contribution < -0.4 is 5.32 Å². The first-order chi connectivity index (χ1) is 14.1. The lowest BCUT2D eigenvalue weighted by molar-refractivity contribution is 0.337. The maximum atomic E-state index is 13.6. The fraction of sp³-hybridized carbons (Fsp3) is 0.417. The van der Waals surface area contributed by atoms with Crippen LogP contribution in [0.25, 0.3) is 0 Å². The Labute approximate surface area is 177 Å². The van der Waals surface area contributed by atoms with Gasteiger partial charge in [0.25, 0.3) is 0 Å². The zero-order chi connectivity index (χ0) is 20.2. The Bertz CT molecular complexity index is 917. The highest BCUT2D eigenvalue weighted by molar-refractivity contribution is 6.31. The first kappa shape index (κ1) is 20.1. The molecule has 2 heterocycles. The highest BCUT2D eigenvalue weighted by atomic mass is 35.5. The highest BCUT2D eigenvalue weighted by Crippen LogP contribution is 2.37. The van der Waals surface area contributed by atoms with Crippen LogP contribution >= 0.6 is 11.6 Å². The molecular weight excluding hydrogens is 385 g/mol. The van der Waals surface area contributed by atoms with E-state index in [-0.39, 0.29) is 11.9 Å². The van der Waals surface area contributed by atoms with E-state index in [1.807, 2.05) is 18.2 Å². The van der Waals surface area contributed by atoms with Crippen LogP contribution in [0.5, 0.6) is 0 Å². The fourth-order valence-electron chi connectivity index (χ4n) is 4.41. The number of nitrogens with one attached hydrogen (secondary N) is 1. The number of halogens is 2. The van der Waals surface area contributed by atoms with E-state index < -0.39 is 0 Å². The summed E-state index contributed by atoms with van der Waals surface area (Å²) >= 11 is 6.40. The summed E-state index contributed by atoms with van der Waals surface area (Å²) in [4.78, 5) is 9.38. The van der Waals surface area contributed by atoms with Gasteiger partial charge >= 0.3 is 0 Å². The van der Waals surface area contributed by atoms with Crippen LogP contribution in [0.15, 0.2) is 58.9 Å². The van der Waals surface area contributed by atoms with Gasteiger partial charge in [0.2, 0.25) is 0 Å². The molecule has 0 radical (unpaired) electrons. The molecule has 1 aromatic carbocycles. The first-order valence-electron chi connectivity index (χ1n) is 10.5. The van der Waals surface area contributed by atoms with Gasteiger partial charge in [-0.15, -0.1) is 0 Å².